The fourth-order valence-electron chi connectivity index (χ4n) is 0.428. The Morgan fingerprint density at radius 3 is 1.33 bits per heavy atom. The summed E-state index contributed by atoms with van der Waals surface area (Å²) in [5.41, 5.74) is 0. The highest BCUT2D eigenvalue weighted by Gasteiger charge is 2.07. The molecule has 4 nitrogen and oxygen atoms in total. The molecule has 0 N–H and O–H groups in total. The minimum Gasteiger partial charge on any atom is -0.313 e. The maximum absolute atomic E-state index is 8.06. The van der Waals surface area contributed by atoms with Crippen LogP contribution in [0.5, 0.6) is 0 Å². The third-order valence-corrected chi connectivity index (χ3v) is 2.11. The molecule has 0 unspecified atom stereocenters. The molecular formula is C6H16O4P2. The molecule has 0 saturated carbocycles. The Labute approximate surface area is 77.2 Å². The fourth-order valence-corrected chi connectivity index (χ4v) is 1.28. The van der Waals surface area contributed by atoms with Gasteiger partial charge in [-0.05, 0) is 20.8 Å². The largest absolute Gasteiger partial charge is 0.332 e. The highest BCUT2D eigenvalue weighted by molar-refractivity contribution is 7.41. The first kappa shape index (κ1) is 14.9. The summed E-state index contributed by atoms with van der Waals surface area (Å²) in [5.74, 6) is 0. The van der Waals surface area contributed by atoms with Crippen LogP contribution in [0.25, 0.3) is 0 Å². The Balaban J connectivity index is 0. The Bertz CT molecular complexity index is 69.7. The number of rotatable bonds is 6. The molecule has 0 aliphatic heterocycles. The highest BCUT2D eigenvalue weighted by Crippen LogP contribution is 2.38. The van der Waals surface area contributed by atoms with Crippen molar-refractivity contribution in [1.29, 1.82) is 0 Å². The van der Waals surface area contributed by atoms with E-state index in [2.05, 4.69) is 0 Å². The van der Waals surface area contributed by atoms with Crippen LogP contribution >= 0.6 is 17.7 Å². The van der Waals surface area contributed by atoms with Crippen LogP contribution in [-0.4, -0.2) is 19.8 Å². The summed E-state index contributed by atoms with van der Waals surface area (Å²) < 4.78 is 23.5. The molecule has 74 valence electrons. The molecule has 0 radical (unpaired) electrons. The average molecular weight is 214 g/mol. The zero-order chi connectivity index (χ0) is 9.82. The van der Waals surface area contributed by atoms with Gasteiger partial charge in [0, 0.05) is 0 Å². The highest BCUT2D eigenvalue weighted by atomic mass is 31.2. The van der Waals surface area contributed by atoms with Gasteiger partial charge in [0.2, 0.25) is 0 Å². The number of hydrogen-bond donors (Lipinski definition) is 0. The van der Waals surface area contributed by atoms with Gasteiger partial charge in [0.25, 0.3) is 0 Å². The molecule has 0 aliphatic carbocycles. The van der Waals surface area contributed by atoms with Gasteiger partial charge in [-0.25, -0.2) is 0 Å². The van der Waals surface area contributed by atoms with E-state index in [1.807, 2.05) is 20.8 Å². The summed E-state index contributed by atoms with van der Waals surface area (Å²) in [7, 11) is 0.661. The first-order valence-electron chi connectivity index (χ1n) is 3.74. The summed E-state index contributed by atoms with van der Waals surface area (Å²) in [6, 6.07) is 0. The van der Waals surface area contributed by atoms with E-state index in [0.717, 1.165) is 0 Å². The van der Waals surface area contributed by atoms with Crippen LogP contribution in [0.2, 0.25) is 0 Å². The van der Waals surface area contributed by atoms with Gasteiger partial charge >= 0.3 is 8.60 Å². The van der Waals surface area contributed by atoms with Gasteiger partial charge in [-0.1, -0.05) is 0 Å². The molecule has 0 atom stereocenters. The minimum absolute atomic E-state index is 0.645. The normalized spacial score (nSPS) is 9.33. The van der Waals surface area contributed by atoms with E-state index in [4.69, 9.17) is 18.1 Å². The lowest BCUT2D eigenvalue weighted by Gasteiger charge is -2.12. The SMILES string of the molecule is CCOP(OCC)OCC.O=P. The van der Waals surface area contributed by atoms with Gasteiger partial charge in [-0.2, -0.15) is 0 Å². The molecule has 0 saturated heterocycles. The summed E-state index contributed by atoms with van der Waals surface area (Å²) >= 11 is 0. The van der Waals surface area contributed by atoms with Crippen LogP contribution in [0.1, 0.15) is 20.8 Å². The molecule has 0 aliphatic rings. The Morgan fingerprint density at radius 1 is 0.917 bits per heavy atom. The van der Waals surface area contributed by atoms with Gasteiger partial charge in [0.15, 0.2) is 0 Å². The van der Waals surface area contributed by atoms with Gasteiger partial charge in [-0.15, -0.1) is 0 Å². The molecule has 12 heavy (non-hydrogen) atoms. The van der Waals surface area contributed by atoms with E-state index >= 15 is 0 Å². The van der Waals surface area contributed by atoms with Crippen molar-refractivity contribution in [2.45, 2.75) is 20.8 Å². The summed E-state index contributed by atoms with van der Waals surface area (Å²) in [6.45, 7) is 7.71. The maximum atomic E-state index is 8.06. The van der Waals surface area contributed by atoms with Crippen LogP contribution in [0, 0.1) is 0 Å². The van der Waals surface area contributed by atoms with Crippen molar-refractivity contribution in [2.75, 3.05) is 19.8 Å². The minimum atomic E-state index is -1.06. The smallest absolute Gasteiger partial charge is 0.313 e. The zero-order valence-electron chi connectivity index (χ0n) is 7.70. The first-order chi connectivity index (χ1) is 5.85. The van der Waals surface area contributed by atoms with Crippen molar-refractivity contribution in [3.63, 3.8) is 0 Å². The molecule has 0 aromatic rings. The van der Waals surface area contributed by atoms with Crippen molar-refractivity contribution in [1.82, 2.24) is 0 Å². The molecule has 0 rings (SSSR count). The topological polar surface area (TPSA) is 44.8 Å². The Kier molecular flexibility index (Phi) is 17.3. The maximum Gasteiger partial charge on any atom is 0.332 e. The van der Waals surface area contributed by atoms with E-state index in [9.17, 15) is 0 Å². The summed E-state index contributed by atoms with van der Waals surface area (Å²) in [6.07, 6.45) is 0. The van der Waals surface area contributed by atoms with Crippen molar-refractivity contribution in [3.05, 3.63) is 0 Å². The molecule has 0 amide bonds. The van der Waals surface area contributed by atoms with E-state index in [1.54, 1.807) is 9.12 Å². The molecule has 0 fully saturated rings. The molecule has 0 aromatic carbocycles. The van der Waals surface area contributed by atoms with Crippen LogP contribution in [-0.2, 0) is 18.1 Å². The van der Waals surface area contributed by atoms with Crippen molar-refractivity contribution in [2.24, 2.45) is 0 Å². The van der Waals surface area contributed by atoms with E-state index in [1.165, 1.54) is 0 Å². The number of hydrogen-bond acceptors (Lipinski definition) is 4. The molecule has 6 heteroatoms. The first-order valence-corrected chi connectivity index (χ1v) is 5.24. The molecular weight excluding hydrogens is 198 g/mol. The molecule has 0 aromatic heterocycles. The molecule has 0 spiro atoms. The predicted octanol–water partition coefficient (Wildman–Crippen LogP) is 2.80. The summed E-state index contributed by atoms with van der Waals surface area (Å²) in [5, 5.41) is 0. The van der Waals surface area contributed by atoms with Crippen LogP contribution < -0.4 is 0 Å². The van der Waals surface area contributed by atoms with Crippen molar-refractivity contribution in [3.8, 4) is 0 Å². The second-order valence-corrected chi connectivity index (χ2v) is 2.70. The Hall–Kier alpha value is 0.410. The van der Waals surface area contributed by atoms with Crippen molar-refractivity contribution < 1.29 is 18.1 Å². The summed E-state index contributed by atoms with van der Waals surface area (Å²) in [4.78, 5) is 0. The standard InChI is InChI=1S/C6H15O3P.HOP/c1-4-7-10(8-5-2)9-6-3;1-2/h4-6H2,1-3H3;2H. The lowest BCUT2D eigenvalue weighted by molar-refractivity contribution is 0.176. The third-order valence-electron chi connectivity index (χ3n) is 0.704. The lowest BCUT2D eigenvalue weighted by Crippen LogP contribution is -1.94. The lowest BCUT2D eigenvalue weighted by atomic mass is 10.9. The fraction of sp³-hybridized carbons (Fsp3) is 1.00. The van der Waals surface area contributed by atoms with Gasteiger partial charge < -0.3 is 13.6 Å². The average Bonchev–Trinajstić information content (AvgIpc) is 2.10. The third kappa shape index (κ3) is 10.4. The molecule has 0 bridgehead atoms. The van der Waals surface area contributed by atoms with Gasteiger partial charge in [-0.3, -0.25) is 4.57 Å². The molecule has 0 heterocycles. The van der Waals surface area contributed by atoms with Crippen LogP contribution in [0.3, 0.4) is 0 Å². The van der Waals surface area contributed by atoms with Crippen molar-refractivity contribution >= 4 is 17.7 Å². The quantitative estimate of drug-likeness (QED) is 0.637. The van der Waals surface area contributed by atoms with E-state index < -0.39 is 8.60 Å². The monoisotopic (exact) mass is 214 g/mol. The second kappa shape index (κ2) is 14.0. The van der Waals surface area contributed by atoms with Crippen LogP contribution in [0.4, 0.5) is 0 Å². The van der Waals surface area contributed by atoms with Gasteiger partial charge in [0.1, 0.15) is 9.12 Å². The van der Waals surface area contributed by atoms with Gasteiger partial charge in [0.05, 0.1) is 19.8 Å². The van der Waals surface area contributed by atoms with E-state index in [0.29, 0.717) is 19.8 Å². The zero-order valence-corrected chi connectivity index (χ0v) is 9.60. The Morgan fingerprint density at radius 2 is 1.17 bits per heavy atom. The predicted molar refractivity (Wildman–Crippen MR) is 50.8 cm³/mol. The van der Waals surface area contributed by atoms with E-state index in [-0.39, 0.29) is 0 Å². The van der Waals surface area contributed by atoms with Crippen LogP contribution in [0.15, 0.2) is 0 Å². The second-order valence-electron chi connectivity index (χ2n) is 1.48.